The van der Waals surface area contributed by atoms with E-state index < -0.39 is 11.6 Å². The molecule has 2 aromatic carbocycles. The van der Waals surface area contributed by atoms with Crippen molar-refractivity contribution in [2.24, 2.45) is 0 Å². The van der Waals surface area contributed by atoms with Gasteiger partial charge in [0, 0.05) is 17.7 Å². The Morgan fingerprint density at radius 3 is 2.38 bits per heavy atom. The number of benzene rings is 2. The first-order valence-electron chi connectivity index (χ1n) is 6.42. The fourth-order valence-electron chi connectivity index (χ4n) is 2.11. The molecule has 0 saturated heterocycles. The first kappa shape index (κ1) is 13.3. The molecular weight excluding hydrogens is 272 g/mol. The van der Waals surface area contributed by atoms with E-state index in [1.807, 2.05) is 31.2 Å². The normalized spacial score (nSPS) is 10.8. The number of hydrogen-bond donors (Lipinski definition) is 1. The Balaban J connectivity index is 2.07. The molecule has 0 amide bonds. The van der Waals surface area contributed by atoms with Crippen molar-refractivity contribution < 1.29 is 8.78 Å². The third-order valence-corrected chi connectivity index (χ3v) is 3.22. The minimum atomic E-state index is -0.708. The van der Waals surface area contributed by atoms with Crippen LogP contribution in [-0.4, -0.2) is 9.78 Å². The third kappa shape index (κ3) is 2.50. The summed E-state index contributed by atoms with van der Waals surface area (Å²) in [4.78, 5) is 0. The molecule has 1 aromatic heterocycles. The minimum absolute atomic E-state index is 0.118. The predicted octanol–water partition coefficient (Wildman–Crippen LogP) is 3.71. The molecule has 3 aromatic rings. The summed E-state index contributed by atoms with van der Waals surface area (Å²) in [5.41, 5.74) is 8.66. The third-order valence-electron chi connectivity index (χ3n) is 3.22. The smallest absolute Gasteiger partial charge is 0.151 e. The Morgan fingerprint density at radius 2 is 1.71 bits per heavy atom. The monoisotopic (exact) mass is 285 g/mol. The van der Waals surface area contributed by atoms with Crippen LogP contribution < -0.4 is 5.73 Å². The molecule has 2 N–H and O–H groups in total. The van der Waals surface area contributed by atoms with Gasteiger partial charge in [-0.05, 0) is 19.1 Å². The summed E-state index contributed by atoms with van der Waals surface area (Å²) < 4.78 is 28.1. The fraction of sp³-hybridized carbons (Fsp3) is 0.0625. The van der Waals surface area contributed by atoms with Crippen molar-refractivity contribution in [1.29, 1.82) is 0 Å². The first-order valence-corrected chi connectivity index (χ1v) is 6.42. The van der Waals surface area contributed by atoms with Crippen LogP contribution in [0.15, 0.2) is 48.5 Å². The van der Waals surface area contributed by atoms with Gasteiger partial charge >= 0.3 is 0 Å². The second kappa shape index (κ2) is 5.01. The molecule has 0 fully saturated rings. The van der Waals surface area contributed by atoms with Gasteiger partial charge in [-0.1, -0.05) is 29.8 Å². The van der Waals surface area contributed by atoms with E-state index in [0.717, 1.165) is 17.2 Å². The second-order valence-corrected chi connectivity index (χ2v) is 4.83. The van der Waals surface area contributed by atoms with Crippen LogP contribution in [0.2, 0.25) is 0 Å². The van der Waals surface area contributed by atoms with Crippen LogP contribution in [0.1, 0.15) is 5.56 Å². The highest BCUT2D eigenvalue weighted by Crippen LogP contribution is 2.24. The highest BCUT2D eigenvalue weighted by molar-refractivity contribution is 5.64. The molecule has 0 spiro atoms. The molecule has 0 atom stereocenters. The molecule has 0 radical (unpaired) electrons. The number of nitrogens with zero attached hydrogens (tertiary/aromatic N) is 2. The van der Waals surface area contributed by atoms with Gasteiger partial charge < -0.3 is 5.73 Å². The molecule has 0 unspecified atom stereocenters. The van der Waals surface area contributed by atoms with Crippen LogP contribution in [0.5, 0.6) is 0 Å². The number of hydrogen-bond acceptors (Lipinski definition) is 2. The van der Waals surface area contributed by atoms with Crippen molar-refractivity contribution >= 4 is 5.82 Å². The van der Waals surface area contributed by atoms with E-state index in [2.05, 4.69) is 5.10 Å². The zero-order valence-corrected chi connectivity index (χ0v) is 11.3. The van der Waals surface area contributed by atoms with E-state index >= 15 is 0 Å². The Morgan fingerprint density at radius 1 is 1.00 bits per heavy atom. The van der Waals surface area contributed by atoms with Crippen LogP contribution in [0.3, 0.4) is 0 Å². The summed E-state index contributed by atoms with van der Waals surface area (Å²) in [7, 11) is 0. The number of aryl methyl sites for hydroxylation is 1. The topological polar surface area (TPSA) is 43.8 Å². The average Bonchev–Trinajstić information content (AvgIpc) is 2.81. The lowest BCUT2D eigenvalue weighted by Crippen LogP contribution is -2.04. The Bertz CT molecular complexity index is 792. The average molecular weight is 285 g/mol. The van der Waals surface area contributed by atoms with Gasteiger partial charge in [0.1, 0.15) is 17.3 Å². The fourth-order valence-corrected chi connectivity index (χ4v) is 2.11. The van der Waals surface area contributed by atoms with Crippen LogP contribution in [0, 0.1) is 18.6 Å². The summed E-state index contributed by atoms with van der Waals surface area (Å²) in [6.07, 6.45) is 0. The van der Waals surface area contributed by atoms with E-state index in [4.69, 9.17) is 5.73 Å². The van der Waals surface area contributed by atoms with Gasteiger partial charge in [0.05, 0.1) is 5.69 Å². The molecule has 5 heteroatoms. The van der Waals surface area contributed by atoms with E-state index in [0.29, 0.717) is 5.69 Å². The molecule has 0 aliphatic rings. The van der Waals surface area contributed by atoms with Crippen molar-refractivity contribution in [1.82, 2.24) is 9.78 Å². The lowest BCUT2D eigenvalue weighted by atomic mass is 10.1. The molecule has 21 heavy (non-hydrogen) atoms. The van der Waals surface area contributed by atoms with E-state index in [-0.39, 0.29) is 11.5 Å². The van der Waals surface area contributed by atoms with Crippen molar-refractivity contribution in [2.45, 2.75) is 6.92 Å². The molecule has 0 bridgehead atoms. The second-order valence-electron chi connectivity index (χ2n) is 4.83. The maximum Gasteiger partial charge on any atom is 0.151 e. The highest BCUT2D eigenvalue weighted by atomic mass is 19.1. The lowest BCUT2D eigenvalue weighted by Gasteiger charge is -2.05. The van der Waals surface area contributed by atoms with Gasteiger partial charge in [-0.2, -0.15) is 5.10 Å². The first-order chi connectivity index (χ1) is 10.0. The molecule has 106 valence electrons. The van der Waals surface area contributed by atoms with Crippen molar-refractivity contribution in [3.63, 3.8) is 0 Å². The summed E-state index contributed by atoms with van der Waals surface area (Å²) in [5.74, 6) is -1.06. The van der Waals surface area contributed by atoms with Gasteiger partial charge in [-0.25, -0.2) is 13.5 Å². The number of halogens is 2. The van der Waals surface area contributed by atoms with E-state index in [9.17, 15) is 8.78 Å². The van der Waals surface area contributed by atoms with Crippen LogP contribution >= 0.6 is 0 Å². The Hall–Kier alpha value is -2.69. The maximum absolute atomic E-state index is 13.8. The van der Waals surface area contributed by atoms with Gasteiger partial charge in [0.25, 0.3) is 0 Å². The summed E-state index contributed by atoms with van der Waals surface area (Å²) in [6, 6.07) is 12.7. The van der Waals surface area contributed by atoms with Crippen molar-refractivity contribution in [3.8, 4) is 16.9 Å². The van der Waals surface area contributed by atoms with Gasteiger partial charge in [-0.15, -0.1) is 0 Å². The minimum Gasteiger partial charge on any atom is -0.384 e. The molecule has 1 heterocycles. The van der Waals surface area contributed by atoms with Gasteiger partial charge in [0.2, 0.25) is 0 Å². The maximum atomic E-state index is 13.8. The Kier molecular flexibility index (Phi) is 3.17. The number of anilines is 1. The molecular formula is C16H13F2N3. The molecule has 3 nitrogen and oxygen atoms in total. The quantitative estimate of drug-likeness (QED) is 0.780. The summed E-state index contributed by atoms with van der Waals surface area (Å²) >= 11 is 0. The van der Waals surface area contributed by atoms with Crippen LogP contribution in [0.4, 0.5) is 14.6 Å². The van der Waals surface area contributed by atoms with Crippen LogP contribution in [0.25, 0.3) is 16.9 Å². The number of nitrogens with two attached hydrogens (primary N) is 1. The molecule has 0 aliphatic carbocycles. The zero-order chi connectivity index (χ0) is 15.0. The number of rotatable bonds is 2. The summed E-state index contributed by atoms with van der Waals surface area (Å²) in [5, 5.41) is 4.30. The molecule has 0 aliphatic heterocycles. The predicted molar refractivity (Wildman–Crippen MR) is 78.1 cm³/mol. The molecule has 0 saturated carbocycles. The SMILES string of the molecule is Cc1ccc(-c2cc(N)n(-c3ccc(F)cc3F)n2)cc1. The van der Waals surface area contributed by atoms with Crippen LogP contribution in [-0.2, 0) is 0 Å². The number of nitrogen functional groups attached to an aromatic ring is 1. The van der Waals surface area contributed by atoms with Gasteiger partial charge in [-0.3, -0.25) is 0 Å². The van der Waals surface area contributed by atoms with E-state index in [1.165, 1.54) is 16.8 Å². The van der Waals surface area contributed by atoms with Crippen molar-refractivity contribution in [3.05, 3.63) is 65.7 Å². The Labute approximate surface area is 120 Å². The molecule has 3 rings (SSSR count). The van der Waals surface area contributed by atoms with Gasteiger partial charge in [0.15, 0.2) is 5.82 Å². The summed E-state index contributed by atoms with van der Waals surface area (Å²) in [6.45, 7) is 1.99. The number of aromatic nitrogens is 2. The highest BCUT2D eigenvalue weighted by Gasteiger charge is 2.12. The largest absolute Gasteiger partial charge is 0.384 e. The standard InChI is InChI=1S/C16H13F2N3/c1-10-2-4-11(5-3-10)14-9-16(19)21(20-14)15-7-6-12(17)8-13(15)18/h2-9H,19H2,1H3. The lowest BCUT2D eigenvalue weighted by molar-refractivity contribution is 0.574. The van der Waals surface area contributed by atoms with E-state index in [1.54, 1.807) is 6.07 Å². The zero-order valence-electron chi connectivity index (χ0n) is 11.3. The van der Waals surface area contributed by atoms with Crippen molar-refractivity contribution in [2.75, 3.05) is 5.73 Å².